The quantitative estimate of drug-likeness (QED) is 0.461. The van der Waals surface area contributed by atoms with Crippen LogP contribution in [0, 0.1) is 0 Å². The van der Waals surface area contributed by atoms with Gasteiger partial charge in [0.1, 0.15) is 17.2 Å². The monoisotopic (exact) mass is 327 g/mol. The third-order valence-corrected chi connectivity index (χ3v) is 3.91. The number of fused-ring (bicyclic) bond motifs is 5. The van der Waals surface area contributed by atoms with Gasteiger partial charge in [0.05, 0.1) is 10.9 Å². The minimum Gasteiger partial charge on any atom is -0.456 e. The molecule has 0 saturated carbocycles. The molecule has 4 rings (SSSR count). The molecule has 1 aliphatic heterocycles. The zero-order chi connectivity index (χ0) is 13.5. The van der Waals surface area contributed by atoms with Crippen LogP contribution in [-0.4, -0.2) is 5.16 Å². The third-order valence-electron chi connectivity index (χ3n) is 3.40. The molecule has 0 N–H and O–H groups in total. The molecule has 0 atom stereocenters. The summed E-state index contributed by atoms with van der Waals surface area (Å²) < 4.78 is 11.5. The van der Waals surface area contributed by atoms with Gasteiger partial charge in [0.15, 0.2) is 5.76 Å². The van der Waals surface area contributed by atoms with Crippen molar-refractivity contribution in [2.24, 2.45) is 0 Å². The van der Waals surface area contributed by atoms with Gasteiger partial charge in [0, 0.05) is 11.1 Å². The number of alkyl halides is 1. The molecule has 0 aliphatic carbocycles. The molecule has 0 bridgehead atoms. The first-order valence-electron chi connectivity index (χ1n) is 6.29. The number of halogens is 1. The zero-order valence-corrected chi connectivity index (χ0v) is 12.1. The van der Waals surface area contributed by atoms with E-state index in [0.29, 0.717) is 5.33 Å². The molecule has 3 aromatic rings. The van der Waals surface area contributed by atoms with Crippen molar-refractivity contribution in [3.8, 4) is 33.9 Å². The van der Waals surface area contributed by atoms with Crippen molar-refractivity contribution in [1.29, 1.82) is 0 Å². The van der Waals surface area contributed by atoms with Crippen LogP contribution in [0.5, 0.6) is 11.5 Å². The van der Waals surface area contributed by atoms with Gasteiger partial charge in [-0.25, -0.2) is 0 Å². The number of ether oxygens (including phenoxy) is 1. The number of rotatable bonds is 1. The van der Waals surface area contributed by atoms with E-state index in [-0.39, 0.29) is 0 Å². The molecule has 2 aromatic carbocycles. The Morgan fingerprint density at radius 1 is 0.900 bits per heavy atom. The van der Waals surface area contributed by atoms with Gasteiger partial charge in [-0.3, -0.25) is 0 Å². The highest BCUT2D eigenvalue weighted by Gasteiger charge is 2.26. The maximum Gasteiger partial charge on any atom is 0.155 e. The molecule has 0 fully saturated rings. The van der Waals surface area contributed by atoms with Gasteiger partial charge in [-0.1, -0.05) is 51.4 Å². The normalized spacial score (nSPS) is 11.8. The predicted molar refractivity (Wildman–Crippen MR) is 80.1 cm³/mol. The summed E-state index contributed by atoms with van der Waals surface area (Å²) in [6, 6.07) is 15.8. The maximum atomic E-state index is 6.05. The van der Waals surface area contributed by atoms with Crippen LogP contribution < -0.4 is 4.74 Å². The molecule has 4 heteroatoms. The fraction of sp³-hybridized carbons (Fsp3) is 0.0625. The highest BCUT2D eigenvalue weighted by Crippen LogP contribution is 2.47. The summed E-state index contributed by atoms with van der Waals surface area (Å²) in [6.07, 6.45) is 0. The first kappa shape index (κ1) is 11.7. The van der Waals surface area contributed by atoms with Crippen molar-refractivity contribution in [2.75, 3.05) is 0 Å². The molecule has 0 amide bonds. The van der Waals surface area contributed by atoms with Crippen molar-refractivity contribution < 1.29 is 9.26 Å². The molecule has 0 spiro atoms. The minimum absolute atomic E-state index is 0.617. The van der Waals surface area contributed by atoms with E-state index in [4.69, 9.17) is 9.26 Å². The number of benzene rings is 2. The molecule has 0 unspecified atom stereocenters. The van der Waals surface area contributed by atoms with E-state index >= 15 is 0 Å². The Bertz CT molecular complexity index is 795. The molecule has 0 radical (unpaired) electrons. The number of hydrogen-bond acceptors (Lipinski definition) is 3. The van der Waals surface area contributed by atoms with E-state index in [2.05, 4.69) is 21.1 Å². The average Bonchev–Trinajstić information content (AvgIpc) is 2.86. The van der Waals surface area contributed by atoms with Gasteiger partial charge in [0.25, 0.3) is 0 Å². The van der Waals surface area contributed by atoms with E-state index in [1.807, 2.05) is 48.5 Å². The van der Waals surface area contributed by atoms with Gasteiger partial charge in [0.2, 0.25) is 0 Å². The van der Waals surface area contributed by atoms with E-state index < -0.39 is 0 Å². The van der Waals surface area contributed by atoms with E-state index in [0.717, 1.165) is 39.6 Å². The highest BCUT2D eigenvalue weighted by molar-refractivity contribution is 9.08. The Kier molecular flexibility index (Phi) is 2.63. The summed E-state index contributed by atoms with van der Waals surface area (Å²) in [5.74, 6) is 2.44. The minimum atomic E-state index is 0.617. The number of hydrogen-bond donors (Lipinski definition) is 0. The summed E-state index contributed by atoms with van der Waals surface area (Å²) >= 11 is 3.46. The largest absolute Gasteiger partial charge is 0.456 e. The second kappa shape index (κ2) is 4.49. The first-order chi connectivity index (χ1) is 9.88. The fourth-order valence-corrected chi connectivity index (χ4v) is 2.89. The summed E-state index contributed by atoms with van der Waals surface area (Å²) in [7, 11) is 0. The van der Waals surface area contributed by atoms with Crippen LogP contribution in [0.25, 0.3) is 22.4 Å². The number of aromatic nitrogens is 1. The maximum absolute atomic E-state index is 6.05. The lowest BCUT2D eigenvalue weighted by Gasteiger charge is -2.08. The van der Waals surface area contributed by atoms with Crippen LogP contribution in [0.4, 0.5) is 0 Å². The Labute approximate surface area is 124 Å². The van der Waals surface area contributed by atoms with E-state index in [9.17, 15) is 0 Å². The second-order valence-electron chi connectivity index (χ2n) is 4.56. The van der Waals surface area contributed by atoms with Crippen molar-refractivity contribution in [1.82, 2.24) is 5.16 Å². The van der Waals surface area contributed by atoms with Crippen molar-refractivity contribution in [2.45, 2.75) is 5.33 Å². The van der Waals surface area contributed by atoms with Gasteiger partial charge in [-0.15, -0.1) is 0 Å². The Balaban J connectivity index is 2.12. The molecular weight excluding hydrogens is 318 g/mol. The average molecular weight is 328 g/mol. The summed E-state index contributed by atoms with van der Waals surface area (Å²) in [5.41, 5.74) is 3.80. The lowest BCUT2D eigenvalue weighted by molar-refractivity contribution is 0.397. The summed E-state index contributed by atoms with van der Waals surface area (Å²) in [6.45, 7) is 0. The molecule has 98 valence electrons. The topological polar surface area (TPSA) is 35.3 Å². The Morgan fingerprint density at radius 3 is 2.30 bits per heavy atom. The number of nitrogens with zero attached hydrogens (tertiary/aromatic N) is 1. The molecule has 1 aromatic heterocycles. The van der Waals surface area contributed by atoms with Crippen LogP contribution >= 0.6 is 15.9 Å². The second-order valence-corrected chi connectivity index (χ2v) is 5.12. The standard InChI is InChI=1S/C16H10BrNO2/c17-9-14-15-10-5-1-3-7-12(10)19-13-8-4-2-6-11(13)16(15)18-20-14/h1-8H,9H2. The molecular formula is C16H10BrNO2. The van der Waals surface area contributed by atoms with Gasteiger partial charge in [-0.05, 0) is 18.2 Å². The fourth-order valence-electron chi connectivity index (χ4n) is 2.51. The first-order valence-corrected chi connectivity index (χ1v) is 7.42. The van der Waals surface area contributed by atoms with E-state index in [1.165, 1.54) is 0 Å². The third kappa shape index (κ3) is 1.61. The van der Waals surface area contributed by atoms with Crippen molar-refractivity contribution in [3.63, 3.8) is 0 Å². The van der Waals surface area contributed by atoms with Crippen LogP contribution in [0.3, 0.4) is 0 Å². The summed E-state index contributed by atoms with van der Waals surface area (Å²) in [4.78, 5) is 0. The molecule has 2 heterocycles. The van der Waals surface area contributed by atoms with Gasteiger partial charge < -0.3 is 9.26 Å². The summed E-state index contributed by atoms with van der Waals surface area (Å²) in [5, 5.41) is 4.86. The van der Waals surface area contributed by atoms with Crippen LogP contribution in [0.1, 0.15) is 5.76 Å². The molecule has 20 heavy (non-hydrogen) atoms. The van der Waals surface area contributed by atoms with Crippen molar-refractivity contribution in [3.05, 3.63) is 54.3 Å². The van der Waals surface area contributed by atoms with Crippen LogP contribution in [0.2, 0.25) is 0 Å². The molecule has 1 aliphatic rings. The van der Waals surface area contributed by atoms with Crippen molar-refractivity contribution >= 4 is 15.9 Å². The lowest BCUT2D eigenvalue weighted by atomic mass is 10.00. The van der Waals surface area contributed by atoms with Gasteiger partial charge in [-0.2, -0.15) is 0 Å². The van der Waals surface area contributed by atoms with E-state index in [1.54, 1.807) is 0 Å². The smallest absolute Gasteiger partial charge is 0.155 e. The highest BCUT2D eigenvalue weighted by atomic mass is 79.9. The number of para-hydroxylation sites is 2. The molecule has 3 nitrogen and oxygen atoms in total. The Morgan fingerprint density at radius 2 is 1.55 bits per heavy atom. The molecule has 0 saturated heterocycles. The zero-order valence-electron chi connectivity index (χ0n) is 10.5. The Hall–Kier alpha value is -2.07. The SMILES string of the molecule is BrCc1onc2c1-c1ccccc1Oc1ccccc1-2. The van der Waals surface area contributed by atoms with Crippen LogP contribution in [-0.2, 0) is 5.33 Å². The lowest BCUT2D eigenvalue weighted by Crippen LogP contribution is -1.86. The predicted octanol–water partition coefficient (Wildman–Crippen LogP) is 5.01. The van der Waals surface area contributed by atoms with Crippen LogP contribution in [0.15, 0.2) is 53.1 Å². The van der Waals surface area contributed by atoms with Gasteiger partial charge >= 0.3 is 0 Å².